The minimum absolute atomic E-state index is 0.0721. The average molecular weight is 254 g/mol. The van der Waals surface area contributed by atoms with E-state index in [0.29, 0.717) is 0 Å². The Labute approximate surface area is 106 Å². The van der Waals surface area contributed by atoms with Gasteiger partial charge in [0.1, 0.15) is 5.43 Å². The van der Waals surface area contributed by atoms with Crippen molar-refractivity contribution in [2.45, 2.75) is 6.92 Å². The summed E-state index contributed by atoms with van der Waals surface area (Å²) in [5, 5.41) is 0. The highest BCUT2D eigenvalue weighted by Gasteiger charge is 2.13. The molecule has 0 aliphatic rings. The SMILES string of the molecule is Cc1cn2c(C(=O)c3ccccc3)pcc2cn1. The summed E-state index contributed by atoms with van der Waals surface area (Å²) in [5.74, 6) is 2.07. The highest BCUT2D eigenvalue weighted by Crippen LogP contribution is 2.23. The average Bonchev–Trinajstić information content (AvgIpc) is 2.82. The van der Waals surface area contributed by atoms with Crippen molar-refractivity contribution in [1.82, 2.24) is 9.38 Å². The number of aromatic nitrogens is 2. The van der Waals surface area contributed by atoms with Crippen molar-refractivity contribution < 1.29 is 4.79 Å². The van der Waals surface area contributed by atoms with E-state index in [0.717, 1.165) is 30.4 Å². The summed E-state index contributed by atoms with van der Waals surface area (Å²) in [4.78, 5) is 16.7. The Hall–Kier alpha value is -1.99. The Kier molecular flexibility index (Phi) is 2.69. The molecular weight excluding hydrogens is 243 g/mol. The zero-order valence-corrected chi connectivity index (χ0v) is 10.8. The monoisotopic (exact) mass is 254 g/mol. The summed E-state index contributed by atoms with van der Waals surface area (Å²) in [7, 11) is 0.926. The Morgan fingerprint density at radius 2 is 2.06 bits per heavy atom. The lowest BCUT2D eigenvalue weighted by atomic mass is 10.1. The largest absolute Gasteiger partial charge is 0.306 e. The lowest BCUT2D eigenvalue weighted by Gasteiger charge is -2.02. The second-order valence-corrected chi connectivity index (χ2v) is 5.04. The molecule has 0 saturated carbocycles. The van der Waals surface area contributed by atoms with Crippen molar-refractivity contribution in [3.8, 4) is 0 Å². The van der Waals surface area contributed by atoms with Crippen LogP contribution in [0.2, 0.25) is 0 Å². The van der Waals surface area contributed by atoms with Crippen molar-refractivity contribution >= 4 is 19.5 Å². The molecule has 0 spiro atoms. The number of ketones is 1. The van der Waals surface area contributed by atoms with Gasteiger partial charge in [0.15, 0.2) is 0 Å². The molecule has 2 aromatic heterocycles. The van der Waals surface area contributed by atoms with Crippen LogP contribution in [0.3, 0.4) is 0 Å². The Morgan fingerprint density at radius 3 is 2.83 bits per heavy atom. The predicted octanol–water partition coefficient (Wildman–Crippen LogP) is 3.45. The summed E-state index contributed by atoms with van der Waals surface area (Å²) in [6.07, 6.45) is 3.70. The number of rotatable bonds is 2. The van der Waals surface area contributed by atoms with Gasteiger partial charge < -0.3 is 4.40 Å². The maximum absolute atomic E-state index is 12.4. The Balaban J connectivity index is 2.15. The molecule has 0 unspecified atom stereocenters. The van der Waals surface area contributed by atoms with E-state index in [2.05, 4.69) is 4.98 Å². The molecule has 0 bridgehead atoms. The number of carbonyl (C=O) groups is 1. The summed E-state index contributed by atoms with van der Waals surface area (Å²) < 4.78 is 1.93. The van der Waals surface area contributed by atoms with Crippen molar-refractivity contribution in [2.24, 2.45) is 0 Å². The summed E-state index contributed by atoms with van der Waals surface area (Å²) >= 11 is 0. The molecule has 0 radical (unpaired) electrons. The maximum atomic E-state index is 12.4. The van der Waals surface area contributed by atoms with Gasteiger partial charge in [-0.25, -0.2) is 0 Å². The summed E-state index contributed by atoms with van der Waals surface area (Å²) in [6.45, 7) is 1.92. The first kappa shape index (κ1) is 11.1. The first-order valence-corrected chi connectivity index (χ1v) is 6.61. The van der Waals surface area contributed by atoms with Crippen molar-refractivity contribution in [2.75, 3.05) is 0 Å². The molecule has 4 heteroatoms. The van der Waals surface area contributed by atoms with Crippen LogP contribution in [0.15, 0.2) is 48.5 Å². The molecule has 3 rings (SSSR count). The van der Waals surface area contributed by atoms with Crippen LogP contribution in [0.25, 0.3) is 5.52 Å². The Bertz CT molecular complexity index is 719. The standard InChI is InChI=1S/C14H11N2OP/c1-10-8-16-12(7-15-10)9-18-14(16)13(17)11-5-3-2-4-6-11/h2-9H,1H3. The van der Waals surface area contributed by atoms with Gasteiger partial charge >= 0.3 is 0 Å². The Morgan fingerprint density at radius 1 is 1.28 bits per heavy atom. The fraction of sp³-hybridized carbons (Fsp3) is 0.0714. The highest BCUT2D eigenvalue weighted by molar-refractivity contribution is 7.32. The quantitative estimate of drug-likeness (QED) is 0.656. The minimum Gasteiger partial charge on any atom is -0.306 e. The lowest BCUT2D eigenvalue weighted by Crippen LogP contribution is -2.04. The van der Waals surface area contributed by atoms with E-state index in [9.17, 15) is 4.79 Å². The molecule has 2 heterocycles. The number of benzene rings is 1. The molecule has 3 nitrogen and oxygen atoms in total. The molecule has 88 valence electrons. The van der Waals surface area contributed by atoms with Gasteiger partial charge in [-0.3, -0.25) is 9.78 Å². The molecule has 0 aliphatic carbocycles. The zero-order chi connectivity index (χ0) is 12.5. The first-order chi connectivity index (χ1) is 8.75. The van der Waals surface area contributed by atoms with Crippen LogP contribution >= 0.6 is 8.19 Å². The lowest BCUT2D eigenvalue weighted by molar-refractivity contribution is 0.103. The van der Waals surface area contributed by atoms with Gasteiger partial charge in [0.25, 0.3) is 0 Å². The molecular formula is C14H11N2OP. The van der Waals surface area contributed by atoms with Gasteiger partial charge in [-0.1, -0.05) is 30.3 Å². The van der Waals surface area contributed by atoms with Gasteiger partial charge in [0, 0.05) is 11.8 Å². The van der Waals surface area contributed by atoms with E-state index in [-0.39, 0.29) is 5.78 Å². The molecule has 0 aliphatic heterocycles. The van der Waals surface area contributed by atoms with Crippen molar-refractivity contribution in [3.63, 3.8) is 0 Å². The third-order valence-electron chi connectivity index (χ3n) is 2.78. The predicted molar refractivity (Wildman–Crippen MR) is 72.3 cm³/mol. The molecule has 0 N–H and O–H groups in total. The third kappa shape index (κ3) is 1.83. The van der Waals surface area contributed by atoms with Crippen LogP contribution in [0, 0.1) is 6.92 Å². The van der Waals surface area contributed by atoms with Crippen LogP contribution in [0.5, 0.6) is 0 Å². The molecule has 0 saturated heterocycles. The molecule has 0 fully saturated rings. The smallest absolute Gasteiger partial charge is 0.214 e. The molecule has 0 atom stereocenters. The van der Waals surface area contributed by atoms with Crippen LogP contribution in [0.4, 0.5) is 0 Å². The van der Waals surface area contributed by atoms with Gasteiger partial charge in [-0.15, -0.1) is 0 Å². The summed E-state index contributed by atoms with van der Waals surface area (Å²) in [6, 6.07) is 9.36. The van der Waals surface area contributed by atoms with Gasteiger partial charge in [-0.2, -0.15) is 0 Å². The molecule has 3 aromatic rings. The van der Waals surface area contributed by atoms with Gasteiger partial charge in [0.05, 0.1) is 17.4 Å². The maximum Gasteiger partial charge on any atom is 0.214 e. The second-order valence-electron chi connectivity index (χ2n) is 4.10. The molecule has 0 amide bonds. The van der Waals surface area contributed by atoms with E-state index < -0.39 is 0 Å². The van der Waals surface area contributed by atoms with Gasteiger partial charge in [0.2, 0.25) is 5.78 Å². The fourth-order valence-electron chi connectivity index (χ4n) is 1.88. The normalized spacial score (nSPS) is 11.2. The first-order valence-electron chi connectivity index (χ1n) is 5.65. The van der Waals surface area contributed by atoms with Crippen LogP contribution in [-0.4, -0.2) is 15.2 Å². The van der Waals surface area contributed by atoms with Crippen molar-refractivity contribution in [1.29, 1.82) is 0 Å². The van der Waals surface area contributed by atoms with E-state index >= 15 is 0 Å². The topological polar surface area (TPSA) is 34.4 Å². The van der Waals surface area contributed by atoms with Gasteiger partial charge in [-0.05, 0) is 20.9 Å². The number of nitrogens with zero attached hydrogens (tertiary/aromatic N) is 2. The number of fused-ring (bicyclic) bond motifs is 1. The van der Waals surface area contributed by atoms with E-state index in [4.69, 9.17) is 0 Å². The fourth-order valence-corrected chi connectivity index (χ4v) is 2.87. The number of carbonyl (C=O) groups excluding carboxylic acids is 1. The van der Waals surface area contributed by atoms with Crippen molar-refractivity contribution in [3.05, 3.63) is 65.2 Å². The van der Waals surface area contributed by atoms with E-state index in [1.54, 1.807) is 6.20 Å². The van der Waals surface area contributed by atoms with Crippen LogP contribution in [-0.2, 0) is 0 Å². The second kappa shape index (κ2) is 4.35. The van der Waals surface area contributed by atoms with E-state index in [1.807, 2.05) is 53.7 Å². The van der Waals surface area contributed by atoms with Crippen LogP contribution in [0.1, 0.15) is 21.5 Å². The molecule has 18 heavy (non-hydrogen) atoms. The zero-order valence-electron chi connectivity index (χ0n) is 9.87. The number of hydrogen-bond donors (Lipinski definition) is 0. The molecule has 1 aromatic carbocycles. The van der Waals surface area contributed by atoms with E-state index in [1.165, 1.54) is 0 Å². The highest BCUT2D eigenvalue weighted by atomic mass is 31.0. The number of hydrogen-bond acceptors (Lipinski definition) is 2. The van der Waals surface area contributed by atoms with Crippen LogP contribution < -0.4 is 0 Å². The minimum atomic E-state index is 0.0721. The number of aryl methyl sites for hydroxylation is 1. The summed E-state index contributed by atoms with van der Waals surface area (Å²) in [5.41, 5.74) is 3.37. The third-order valence-corrected chi connectivity index (χ3v) is 3.84.